The molecule has 11 heavy (non-hydrogen) atoms. The molecule has 0 amide bonds. The third-order valence-electron chi connectivity index (χ3n) is 1.75. The maximum atomic E-state index is 2.53. The van der Waals surface area contributed by atoms with E-state index in [-0.39, 0.29) is 7.43 Å². The molecule has 0 aromatic heterocycles. The largest absolute Gasteiger partial charge is 0.301 e. The number of hydrogen-bond acceptors (Lipinski definition) is 1. The van der Waals surface area contributed by atoms with Crippen LogP contribution in [-0.4, -0.2) is 24.0 Å². The molecule has 0 spiro atoms. The maximum absolute atomic E-state index is 2.53. The van der Waals surface area contributed by atoms with Gasteiger partial charge in [-0.15, -0.1) is 0 Å². The second-order valence-electron chi connectivity index (χ2n) is 3.13. The van der Waals surface area contributed by atoms with E-state index in [1.54, 1.807) is 0 Å². The highest BCUT2D eigenvalue weighted by Crippen LogP contribution is 1.99. The molecule has 0 bridgehead atoms. The Hall–Kier alpha value is -0.0400. The van der Waals surface area contributed by atoms with Gasteiger partial charge in [0, 0.05) is 6.04 Å². The van der Waals surface area contributed by atoms with Crippen LogP contribution in [0.25, 0.3) is 0 Å². The summed E-state index contributed by atoms with van der Waals surface area (Å²) < 4.78 is 0. The van der Waals surface area contributed by atoms with Crippen molar-refractivity contribution in [2.75, 3.05) is 13.1 Å². The van der Waals surface area contributed by atoms with Gasteiger partial charge in [-0.05, 0) is 39.8 Å². The van der Waals surface area contributed by atoms with E-state index in [1.165, 1.54) is 25.9 Å². The van der Waals surface area contributed by atoms with Gasteiger partial charge in [0.25, 0.3) is 0 Å². The van der Waals surface area contributed by atoms with Gasteiger partial charge in [-0.1, -0.05) is 21.3 Å². The lowest BCUT2D eigenvalue weighted by Crippen LogP contribution is -2.32. The summed E-state index contributed by atoms with van der Waals surface area (Å²) in [5.41, 5.74) is 0. The van der Waals surface area contributed by atoms with Gasteiger partial charge in [0.1, 0.15) is 0 Å². The van der Waals surface area contributed by atoms with E-state index in [2.05, 4.69) is 32.6 Å². The Morgan fingerprint density at radius 2 is 1.36 bits per heavy atom. The van der Waals surface area contributed by atoms with Gasteiger partial charge in [0.2, 0.25) is 0 Å². The fourth-order valence-electron chi connectivity index (χ4n) is 1.20. The van der Waals surface area contributed by atoms with Crippen LogP contribution in [0.4, 0.5) is 0 Å². The Labute approximate surface area is 72.8 Å². The molecule has 0 aromatic rings. The maximum Gasteiger partial charge on any atom is 0.00385 e. The minimum absolute atomic E-state index is 0. The zero-order valence-electron chi connectivity index (χ0n) is 7.85. The summed E-state index contributed by atoms with van der Waals surface area (Å²) in [7, 11) is 0. The monoisotopic (exact) mass is 159 g/mol. The normalized spacial score (nSPS) is 10.4. The quantitative estimate of drug-likeness (QED) is 0.595. The lowest BCUT2D eigenvalue weighted by Gasteiger charge is -2.24. The van der Waals surface area contributed by atoms with Crippen LogP contribution in [0.2, 0.25) is 0 Å². The summed E-state index contributed by atoms with van der Waals surface area (Å²) in [4.78, 5) is 2.53. The fraction of sp³-hybridized carbons (Fsp3) is 1.00. The summed E-state index contributed by atoms with van der Waals surface area (Å²) in [6.45, 7) is 11.5. The lowest BCUT2D eigenvalue weighted by atomic mass is 10.3. The third-order valence-corrected chi connectivity index (χ3v) is 1.75. The summed E-state index contributed by atoms with van der Waals surface area (Å²) in [6.07, 6.45) is 2.55. The van der Waals surface area contributed by atoms with Crippen molar-refractivity contribution in [3.63, 3.8) is 0 Å². The van der Waals surface area contributed by atoms with Crippen LogP contribution >= 0.6 is 0 Å². The highest BCUT2D eigenvalue weighted by molar-refractivity contribution is 4.60. The van der Waals surface area contributed by atoms with Gasteiger partial charge in [0.05, 0.1) is 0 Å². The Bertz CT molecular complexity index is 63.3. The molecule has 0 radical (unpaired) electrons. The Morgan fingerprint density at radius 1 is 1.00 bits per heavy atom. The molecule has 0 heterocycles. The van der Waals surface area contributed by atoms with Crippen molar-refractivity contribution in [3.05, 3.63) is 0 Å². The van der Waals surface area contributed by atoms with Crippen LogP contribution in [-0.2, 0) is 0 Å². The SMILES string of the molecule is C.CCCN(CCC)C(C)C. The van der Waals surface area contributed by atoms with Gasteiger partial charge in [-0.2, -0.15) is 0 Å². The highest BCUT2D eigenvalue weighted by Gasteiger charge is 2.04. The van der Waals surface area contributed by atoms with Crippen LogP contribution in [0.5, 0.6) is 0 Å². The van der Waals surface area contributed by atoms with Crippen LogP contribution in [0.3, 0.4) is 0 Å². The second kappa shape index (κ2) is 8.06. The average Bonchev–Trinajstić information content (AvgIpc) is 1.87. The van der Waals surface area contributed by atoms with E-state index >= 15 is 0 Å². The van der Waals surface area contributed by atoms with Gasteiger partial charge < -0.3 is 4.90 Å². The molecule has 0 unspecified atom stereocenters. The molecular weight excluding hydrogens is 134 g/mol. The van der Waals surface area contributed by atoms with Gasteiger partial charge >= 0.3 is 0 Å². The van der Waals surface area contributed by atoms with Crippen molar-refractivity contribution in [1.29, 1.82) is 0 Å². The van der Waals surface area contributed by atoms with Gasteiger partial charge in [0.15, 0.2) is 0 Å². The van der Waals surface area contributed by atoms with Crippen LogP contribution < -0.4 is 0 Å². The number of rotatable bonds is 5. The zero-order valence-corrected chi connectivity index (χ0v) is 7.85. The van der Waals surface area contributed by atoms with E-state index in [9.17, 15) is 0 Å². The summed E-state index contributed by atoms with van der Waals surface area (Å²) in [5.74, 6) is 0. The first kappa shape index (κ1) is 13.5. The molecule has 0 saturated heterocycles. The topological polar surface area (TPSA) is 3.24 Å². The highest BCUT2D eigenvalue weighted by atomic mass is 15.1. The van der Waals surface area contributed by atoms with E-state index in [0.29, 0.717) is 0 Å². The zero-order chi connectivity index (χ0) is 7.98. The molecule has 0 aromatic carbocycles. The summed E-state index contributed by atoms with van der Waals surface area (Å²) in [6, 6.07) is 0.722. The Balaban J connectivity index is 0. The summed E-state index contributed by atoms with van der Waals surface area (Å²) >= 11 is 0. The molecule has 0 rings (SSSR count). The van der Waals surface area contributed by atoms with Crippen molar-refractivity contribution in [1.82, 2.24) is 4.90 Å². The van der Waals surface area contributed by atoms with Gasteiger partial charge in [-0.25, -0.2) is 0 Å². The molecule has 0 fully saturated rings. The van der Waals surface area contributed by atoms with E-state index in [4.69, 9.17) is 0 Å². The standard InChI is InChI=1S/C9H21N.CH4/c1-5-7-10(8-6-2)9(3)4;/h9H,5-8H2,1-4H3;1H4. The molecule has 0 aliphatic rings. The molecular formula is C10H25N. The predicted molar refractivity (Wildman–Crippen MR) is 54.0 cm³/mol. The molecule has 0 atom stereocenters. The summed E-state index contributed by atoms with van der Waals surface area (Å²) in [5, 5.41) is 0. The van der Waals surface area contributed by atoms with Crippen LogP contribution in [0.15, 0.2) is 0 Å². The molecule has 70 valence electrons. The van der Waals surface area contributed by atoms with Crippen molar-refractivity contribution in [2.45, 2.75) is 54.0 Å². The van der Waals surface area contributed by atoms with Crippen LogP contribution in [0, 0.1) is 0 Å². The molecule has 0 aliphatic heterocycles. The van der Waals surface area contributed by atoms with Crippen molar-refractivity contribution >= 4 is 0 Å². The van der Waals surface area contributed by atoms with E-state index in [1.807, 2.05) is 0 Å². The molecule has 0 N–H and O–H groups in total. The van der Waals surface area contributed by atoms with Crippen molar-refractivity contribution < 1.29 is 0 Å². The Kier molecular flexibility index (Phi) is 9.92. The van der Waals surface area contributed by atoms with E-state index < -0.39 is 0 Å². The first-order valence-corrected chi connectivity index (χ1v) is 4.46. The second-order valence-corrected chi connectivity index (χ2v) is 3.13. The smallest absolute Gasteiger partial charge is 0.00385 e. The average molecular weight is 159 g/mol. The predicted octanol–water partition coefficient (Wildman–Crippen LogP) is 3.15. The molecule has 0 aliphatic carbocycles. The lowest BCUT2D eigenvalue weighted by molar-refractivity contribution is 0.222. The van der Waals surface area contributed by atoms with Crippen LogP contribution in [0.1, 0.15) is 48.0 Å². The third kappa shape index (κ3) is 6.36. The first-order chi connectivity index (χ1) is 4.72. The minimum atomic E-state index is 0. The fourth-order valence-corrected chi connectivity index (χ4v) is 1.20. The molecule has 0 saturated carbocycles. The van der Waals surface area contributed by atoms with Crippen molar-refractivity contribution in [2.24, 2.45) is 0 Å². The van der Waals surface area contributed by atoms with Gasteiger partial charge in [-0.3, -0.25) is 0 Å². The number of hydrogen-bond donors (Lipinski definition) is 0. The molecule has 1 heteroatoms. The minimum Gasteiger partial charge on any atom is -0.301 e. The first-order valence-electron chi connectivity index (χ1n) is 4.46. The van der Waals surface area contributed by atoms with E-state index in [0.717, 1.165) is 6.04 Å². The molecule has 1 nitrogen and oxygen atoms in total. The van der Waals surface area contributed by atoms with Crippen molar-refractivity contribution in [3.8, 4) is 0 Å². The Morgan fingerprint density at radius 3 is 1.55 bits per heavy atom. The number of nitrogens with zero attached hydrogens (tertiary/aromatic N) is 1.